The van der Waals surface area contributed by atoms with Crippen molar-refractivity contribution in [2.45, 2.75) is 44.2 Å². The van der Waals surface area contributed by atoms with Crippen LogP contribution in [0.3, 0.4) is 0 Å². The fourth-order valence-electron chi connectivity index (χ4n) is 4.34. The van der Waals surface area contributed by atoms with Gasteiger partial charge >= 0.3 is 0 Å². The van der Waals surface area contributed by atoms with Gasteiger partial charge in [0.25, 0.3) is 0 Å². The summed E-state index contributed by atoms with van der Waals surface area (Å²) < 4.78 is 5.73. The van der Waals surface area contributed by atoms with Gasteiger partial charge in [-0.2, -0.15) is 0 Å². The maximum absolute atomic E-state index is 10.5. The topological polar surface area (TPSA) is 53.0 Å². The van der Waals surface area contributed by atoms with E-state index in [9.17, 15) is 10.2 Å². The monoisotopic (exact) mass is 320 g/mol. The van der Waals surface area contributed by atoms with Crippen molar-refractivity contribution in [3.05, 3.63) is 59.2 Å². The molecule has 0 bridgehead atoms. The molecule has 2 N–H and O–H groups in total. The predicted molar refractivity (Wildman–Crippen MR) is 94.0 cm³/mol. The number of aliphatic hydroxyl groups is 2. The number of hydrogen-bond acceptors (Lipinski definition) is 3. The van der Waals surface area contributed by atoms with Crippen molar-refractivity contribution in [3.8, 4) is 0 Å². The summed E-state index contributed by atoms with van der Waals surface area (Å²) in [6, 6.07) is 14.8. The second-order valence-corrected chi connectivity index (χ2v) is 6.95. The predicted octanol–water partition coefficient (Wildman–Crippen LogP) is 3.79. The van der Waals surface area contributed by atoms with Crippen molar-refractivity contribution < 1.29 is 14.9 Å². The highest BCUT2D eigenvalue weighted by Crippen LogP contribution is 2.54. The van der Waals surface area contributed by atoms with Gasteiger partial charge in [-0.25, -0.2) is 0 Å². The van der Waals surface area contributed by atoms with Crippen molar-refractivity contribution in [2.75, 3.05) is 0 Å². The van der Waals surface area contributed by atoms with Crippen LogP contribution in [0.1, 0.15) is 42.2 Å². The second kappa shape index (κ2) is 5.03. The Labute approximate surface area is 140 Å². The average molecular weight is 320 g/mol. The molecule has 122 valence electrons. The second-order valence-electron chi connectivity index (χ2n) is 6.95. The maximum atomic E-state index is 10.5. The largest absolute Gasteiger partial charge is 0.387 e. The summed E-state index contributed by atoms with van der Waals surface area (Å²) in [4.78, 5) is 0. The van der Waals surface area contributed by atoms with Gasteiger partial charge in [-0.05, 0) is 44.7 Å². The van der Waals surface area contributed by atoms with Crippen LogP contribution < -0.4 is 0 Å². The summed E-state index contributed by atoms with van der Waals surface area (Å²) in [5.74, 6) is 0. The summed E-state index contributed by atoms with van der Waals surface area (Å²) in [5, 5.41) is 25.6. The molecule has 1 saturated heterocycles. The van der Waals surface area contributed by atoms with Gasteiger partial charge in [0, 0.05) is 0 Å². The molecule has 1 aliphatic carbocycles. The van der Waals surface area contributed by atoms with Crippen LogP contribution in [0, 0.1) is 0 Å². The Morgan fingerprint density at radius 1 is 1.04 bits per heavy atom. The molecule has 4 atom stereocenters. The third-order valence-electron chi connectivity index (χ3n) is 5.49. The average Bonchev–Trinajstić information content (AvgIpc) is 3.40. The zero-order chi connectivity index (χ0) is 16.4. The standard InChI is InChI=1S/C21H20O3/c1-2-5-12-10-11-6-3-4-7-13(11)14-8-9-15-17(16(12)14)20-21(24-20)19(23)18(15)22/h3-4,6-10,18-23H,2,5H2,1H3. The first kappa shape index (κ1) is 14.4. The normalized spacial score (nSPS) is 28.0. The fraction of sp³-hybridized carbons (Fsp3) is 0.333. The molecule has 24 heavy (non-hydrogen) atoms. The molecular weight excluding hydrogens is 300 g/mol. The molecule has 3 nitrogen and oxygen atoms in total. The summed E-state index contributed by atoms with van der Waals surface area (Å²) in [5.41, 5.74) is 3.21. The van der Waals surface area contributed by atoms with E-state index in [1.165, 1.54) is 27.1 Å². The molecule has 0 aromatic heterocycles. The van der Waals surface area contributed by atoms with Gasteiger partial charge in [0.15, 0.2) is 0 Å². The molecule has 5 rings (SSSR count). The van der Waals surface area contributed by atoms with Crippen molar-refractivity contribution in [1.29, 1.82) is 0 Å². The third-order valence-corrected chi connectivity index (χ3v) is 5.49. The SMILES string of the molecule is CCCc1cc2ccccc2c2ccc3c(c12)C1OC1C(O)C3O. The van der Waals surface area contributed by atoms with Crippen LogP contribution in [0.5, 0.6) is 0 Å². The number of rotatable bonds is 2. The molecule has 0 amide bonds. The van der Waals surface area contributed by atoms with E-state index in [0.29, 0.717) is 0 Å². The Kier molecular flexibility index (Phi) is 3.02. The van der Waals surface area contributed by atoms with Crippen LogP contribution in [-0.2, 0) is 11.2 Å². The Hall–Kier alpha value is -1.94. The highest BCUT2D eigenvalue weighted by atomic mass is 16.6. The molecule has 1 heterocycles. The van der Waals surface area contributed by atoms with Crippen LogP contribution in [0.15, 0.2) is 42.5 Å². The summed E-state index contributed by atoms with van der Waals surface area (Å²) in [7, 11) is 0. The maximum Gasteiger partial charge on any atom is 0.118 e. The molecule has 3 aromatic rings. The van der Waals surface area contributed by atoms with E-state index in [2.05, 4.69) is 43.3 Å². The molecule has 4 unspecified atom stereocenters. The highest BCUT2D eigenvalue weighted by molar-refractivity contribution is 6.10. The lowest BCUT2D eigenvalue weighted by molar-refractivity contribution is 0.000104. The van der Waals surface area contributed by atoms with E-state index in [0.717, 1.165) is 24.0 Å². The van der Waals surface area contributed by atoms with Crippen LogP contribution in [0.2, 0.25) is 0 Å². The molecule has 1 aliphatic heterocycles. The summed E-state index contributed by atoms with van der Waals surface area (Å²) >= 11 is 0. The van der Waals surface area contributed by atoms with Gasteiger partial charge in [0.05, 0.1) is 0 Å². The minimum Gasteiger partial charge on any atom is -0.387 e. The lowest BCUT2D eigenvalue weighted by Gasteiger charge is -2.26. The molecule has 0 spiro atoms. The van der Waals surface area contributed by atoms with Gasteiger partial charge in [-0.15, -0.1) is 0 Å². The Balaban J connectivity index is 1.91. The number of aliphatic hydroxyl groups excluding tert-OH is 2. The molecule has 3 aromatic carbocycles. The van der Waals surface area contributed by atoms with Crippen LogP contribution in [0.25, 0.3) is 21.5 Å². The molecule has 3 heteroatoms. The first-order valence-electron chi connectivity index (χ1n) is 8.69. The Morgan fingerprint density at radius 3 is 2.71 bits per heavy atom. The minimum atomic E-state index is -0.867. The van der Waals surface area contributed by atoms with E-state index in [1.807, 2.05) is 6.07 Å². The first-order chi connectivity index (χ1) is 11.7. The number of ether oxygens (including phenoxy) is 1. The molecule has 1 fully saturated rings. The Morgan fingerprint density at radius 2 is 1.88 bits per heavy atom. The summed E-state index contributed by atoms with van der Waals surface area (Å²) in [6.07, 6.45) is 0.0208. The van der Waals surface area contributed by atoms with E-state index >= 15 is 0 Å². The molecule has 0 radical (unpaired) electrons. The number of fused-ring (bicyclic) bond motifs is 7. The van der Waals surface area contributed by atoms with Crippen LogP contribution in [0.4, 0.5) is 0 Å². The van der Waals surface area contributed by atoms with Gasteiger partial charge in [0.1, 0.15) is 24.4 Å². The molecule has 0 saturated carbocycles. The molecule has 2 aliphatic rings. The smallest absolute Gasteiger partial charge is 0.118 e. The lowest BCUT2D eigenvalue weighted by Crippen LogP contribution is -2.29. The molecular formula is C21H20O3. The van der Waals surface area contributed by atoms with Crippen LogP contribution >= 0.6 is 0 Å². The lowest BCUT2D eigenvalue weighted by atomic mass is 9.81. The van der Waals surface area contributed by atoms with E-state index in [1.54, 1.807) is 0 Å². The van der Waals surface area contributed by atoms with Crippen molar-refractivity contribution in [1.82, 2.24) is 0 Å². The number of benzene rings is 3. The van der Waals surface area contributed by atoms with Crippen molar-refractivity contribution in [2.24, 2.45) is 0 Å². The first-order valence-corrected chi connectivity index (χ1v) is 8.69. The summed E-state index contributed by atoms with van der Waals surface area (Å²) in [6.45, 7) is 2.19. The van der Waals surface area contributed by atoms with Crippen molar-refractivity contribution in [3.63, 3.8) is 0 Å². The number of hydrogen-bond donors (Lipinski definition) is 2. The number of aryl methyl sites for hydroxylation is 1. The van der Waals surface area contributed by atoms with Crippen LogP contribution in [-0.4, -0.2) is 22.4 Å². The van der Waals surface area contributed by atoms with E-state index < -0.39 is 12.2 Å². The van der Waals surface area contributed by atoms with Gasteiger partial charge in [-0.3, -0.25) is 0 Å². The fourth-order valence-corrected chi connectivity index (χ4v) is 4.34. The Bertz CT molecular complexity index is 962. The zero-order valence-electron chi connectivity index (χ0n) is 13.6. The van der Waals surface area contributed by atoms with E-state index in [4.69, 9.17) is 4.74 Å². The van der Waals surface area contributed by atoms with Gasteiger partial charge in [-0.1, -0.05) is 55.8 Å². The van der Waals surface area contributed by atoms with Crippen molar-refractivity contribution >= 4 is 21.5 Å². The van der Waals surface area contributed by atoms with E-state index in [-0.39, 0.29) is 12.2 Å². The van der Waals surface area contributed by atoms with Gasteiger partial charge < -0.3 is 14.9 Å². The quantitative estimate of drug-likeness (QED) is 0.558. The minimum absolute atomic E-state index is 0.0844. The third kappa shape index (κ3) is 1.83. The van der Waals surface area contributed by atoms with Gasteiger partial charge in [0.2, 0.25) is 0 Å². The number of epoxide rings is 1. The zero-order valence-corrected chi connectivity index (χ0v) is 13.6. The highest BCUT2D eigenvalue weighted by Gasteiger charge is 2.54.